The van der Waals surface area contributed by atoms with Crippen LogP contribution in [0.1, 0.15) is 71.6 Å². The van der Waals surface area contributed by atoms with Gasteiger partial charge in [0.05, 0.1) is 24.4 Å². The smallest absolute Gasteiger partial charge is 0.331 e. The van der Waals surface area contributed by atoms with Gasteiger partial charge in [-0.2, -0.15) is 0 Å². The number of aldehydes is 1. The fourth-order valence-electron chi connectivity index (χ4n) is 11.5. The van der Waals surface area contributed by atoms with Crippen molar-refractivity contribution in [2.45, 2.75) is 145 Å². The van der Waals surface area contributed by atoms with Crippen molar-refractivity contribution < 1.29 is 68.6 Å². The van der Waals surface area contributed by atoms with Crippen LogP contribution in [-0.2, 0) is 38.0 Å². The van der Waals surface area contributed by atoms with Gasteiger partial charge in [0.15, 0.2) is 12.6 Å². The zero-order valence-corrected chi connectivity index (χ0v) is 29.0. The molecule has 18 unspecified atom stereocenters. The number of hydrogen-bond acceptors (Lipinski definition) is 14. The predicted molar refractivity (Wildman–Crippen MR) is 171 cm³/mol. The molecule has 14 nitrogen and oxygen atoms in total. The molecule has 4 saturated carbocycles. The molecule has 7 aliphatic rings. The van der Waals surface area contributed by atoms with Crippen LogP contribution in [0.3, 0.4) is 0 Å². The molecule has 4 aliphatic carbocycles. The van der Waals surface area contributed by atoms with Gasteiger partial charge in [-0.1, -0.05) is 6.92 Å². The second kappa shape index (κ2) is 13.7. The molecule has 3 heterocycles. The first-order valence-electron chi connectivity index (χ1n) is 18.4. The molecular formula is C36H54O14. The van der Waals surface area contributed by atoms with Gasteiger partial charge in [-0.3, -0.25) is 0 Å². The number of aliphatic hydroxyl groups is 6. The summed E-state index contributed by atoms with van der Waals surface area (Å²) in [5.74, 6) is -0.159. The Labute approximate surface area is 292 Å². The first kappa shape index (κ1) is 36.8. The molecule has 0 amide bonds. The topological polar surface area (TPSA) is 211 Å². The van der Waals surface area contributed by atoms with Crippen molar-refractivity contribution in [2.24, 2.45) is 34.5 Å². The molecule has 0 spiro atoms. The quantitative estimate of drug-likeness (QED) is 0.112. The van der Waals surface area contributed by atoms with Crippen LogP contribution in [-0.4, -0.2) is 136 Å². The summed E-state index contributed by atoms with van der Waals surface area (Å²) in [6.45, 7) is 3.55. The van der Waals surface area contributed by atoms with Gasteiger partial charge in [0, 0.05) is 24.0 Å². The highest BCUT2D eigenvalue weighted by atomic mass is 16.7. The van der Waals surface area contributed by atoms with Crippen LogP contribution in [0.2, 0.25) is 0 Å². The fraction of sp³-hybridized carbons (Fsp3) is 0.889. The van der Waals surface area contributed by atoms with E-state index in [0.29, 0.717) is 32.3 Å². The summed E-state index contributed by atoms with van der Waals surface area (Å²) in [7, 11) is 1.40. The fourth-order valence-corrected chi connectivity index (χ4v) is 11.5. The molecule has 2 saturated heterocycles. The van der Waals surface area contributed by atoms with E-state index >= 15 is 0 Å². The molecule has 6 fully saturated rings. The number of hydrogen-bond donors (Lipinski definition) is 6. The lowest BCUT2D eigenvalue weighted by Crippen LogP contribution is -2.65. The van der Waals surface area contributed by atoms with Crippen LogP contribution in [0.25, 0.3) is 0 Å². The van der Waals surface area contributed by atoms with Crippen molar-refractivity contribution in [3.8, 4) is 0 Å². The third-order valence-electron chi connectivity index (χ3n) is 14.2. The van der Waals surface area contributed by atoms with E-state index in [1.807, 2.05) is 0 Å². The highest BCUT2D eigenvalue weighted by Gasteiger charge is 2.69. The van der Waals surface area contributed by atoms with Crippen molar-refractivity contribution in [1.29, 1.82) is 0 Å². The van der Waals surface area contributed by atoms with Crippen molar-refractivity contribution in [3.63, 3.8) is 0 Å². The van der Waals surface area contributed by atoms with Gasteiger partial charge >= 0.3 is 5.97 Å². The molecule has 50 heavy (non-hydrogen) atoms. The van der Waals surface area contributed by atoms with E-state index in [1.54, 1.807) is 13.0 Å². The largest absolute Gasteiger partial charge is 0.458 e. The Morgan fingerprint density at radius 2 is 1.66 bits per heavy atom. The van der Waals surface area contributed by atoms with Crippen LogP contribution in [0, 0.1) is 34.5 Å². The first-order chi connectivity index (χ1) is 23.8. The normalized spacial score (nSPS) is 53.5. The molecule has 3 aliphatic heterocycles. The number of methoxy groups -OCH3 is 1. The zero-order chi connectivity index (χ0) is 35.7. The highest BCUT2D eigenvalue weighted by molar-refractivity contribution is 5.85. The van der Waals surface area contributed by atoms with Crippen molar-refractivity contribution in [3.05, 3.63) is 11.6 Å². The number of cyclic esters (lactones) is 1. The Bertz CT molecular complexity index is 1310. The van der Waals surface area contributed by atoms with Crippen molar-refractivity contribution in [1.82, 2.24) is 0 Å². The summed E-state index contributed by atoms with van der Waals surface area (Å²) < 4.78 is 34.9. The zero-order valence-electron chi connectivity index (χ0n) is 29.0. The maximum atomic E-state index is 13.2. The number of carbonyl (C=O) groups excluding carboxylic acids is 2. The Balaban J connectivity index is 1.01. The average Bonchev–Trinajstić information content (AvgIpc) is 3.65. The average molecular weight is 711 g/mol. The van der Waals surface area contributed by atoms with Crippen molar-refractivity contribution >= 4 is 12.3 Å². The number of esters is 1. The molecule has 14 heteroatoms. The molecule has 0 radical (unpaired) electrons. The molecule has 0 bridgehead atoms. The summed E-state index contributed by atoms with van der Waals surface area (Å²) in [4.78, 5) is 25.1. The molecule has 18 atom stereocenters. The molecule has 0 aromatic heterocycles. The van der Waals surface area contributed by atoms with E-state index in [9.17, 15) is 40.2 Å². The van der Waals surface area contributed by atoms with E-state index in [1.165, 1.54) is 7.11 Å². The minimum absolute atomic E-state index is 0.0174. The third kappa shape index (κ3) is 5.64. The number of carbonyl (C=O) groups is 2. The standard InChI is InChI=1S/C36H54O14/c1-17-30(50-32-28(42)27(41)26(40)24(14-37)49-32)31(45-3)29(43)33(47-17)48-20-6-10-35(16-38)19(13-20)4-5-23-22(35)7-9-34(2)21(8-11-36(23,34)44)18-12-25(39)46-15-18/h12,16-17,19-24,26-33,37,40-44H,4-11,13-15H2,1-3H3. The maximum Gasteiger partial charge on any atom is 0.331 e. The summed E-state index contributed by atoms with van der Waals surface area (Å²) in [6, 6.07) is 0. The Morgan fingerprint density at radius 1 is 0.900 bits per heavy atom. The monoisotopic (exact) mass is 710 g/mol. The predicted octanol–water partition coefficient (Wildman–Crippen LogP) is 0.113. The van der Waals surface area contributed by atoms with Crippen LogP contribution < -0.4 is 0 Å². The molecule has 0 aromatic rings. The van der Waals surface area contributed by atoms with E-state index in [4.69, 9.17) is 28.4 Å². The van der Waals surface area contributed by atoms with Gasteiger partial charge < -0.3 is 63.9 Å². The molecule has 0 aromatic carbocycles. The van der Waals surface area contributed by atoms with Gasteiger partial charge in [-0.25, -0.2) is 4.79 Å². The van der Waals surface area contributed by atoms with Gasteiger partial charge in [0.25, 0.3) is 0 Å². The minimum atomic E-state index is -1.63. The third-order valence-corrected chi connectivity index (χ3v) is 14.2. The van der Waals surface area contributed by atoms with E-state index < -0.39 is 84.4 Å². The summed E-state index contributed by atoms with van der Waals surface area (Å²) in [5, 5.41) is 64.3. The lowest BCUT2D eigenvalue weighted by molar-refractivity contribution is -0.362. The first-order valence-corrected chi connectivity index (χ1v) is 18.4. The van der Waals surface area contributed by atoms with E-state index in [-0.39, 0.29) is 35.7 Å². The number of ether oxygens (including phenoxy) is 6. The lowest BCUT2D eigenvalue weighted by Gasteiger charge is -2.63. The molecular weight excluding hydrogens is 656 g/mol. The Hall–Kier alpha value is -1.56. The van der Waals surface area contributed by atoms with Gasteiger partial charge in [0.1, 0.15) is 55.6 Å². The van der Waals surface area contributed by atoms with E-state index in [0.717, 1.165) is 44.0 Å². The minimum Gasteiger partial charge on any atom is -0.458 e. The maximum absolute atomic E-state index is 13.2. The second-order valence-electron chi connectivity index (χ2n) is 16.2. The van der Waals surface area contributed by atoms with Crippen LogP contribution >= 0.6 is 0 Å². The Kier molecular flexibility index (Phi) is 10.1. The number of aliphatic hydroxyl groups excluding tert-OH is 5. The van der Waals surface area contributed by atoms with Crippen molar-refractivity contribution in [2.75, 3.05) is 20.3 Å². The number of fused-ring (bicyclic) bond motifs is 5. The SMILES string of the molecule is COC1C(O)C(OC2CCC3(C=O)C(CCC4C3CCC3(C)C(C5=CC(=O)OC5)CCC43O)C2)OC(C)C1OC1OC(CO)C(O)C(O)C1O. The van der Waals surface area contributed by atoms with Crippen LogP contribution in [0.15, 0.2) is 11.6 Å². The second-order valence-corrected chi connectivity index (χ2v) is 16.2. The lowest BCUT2D eigenvalue weighted by atomic mass is 9.43. The summed E-state index contributed by atoms with van der Waals surface area (Å²) in [5.41, 5.74) is -0.922. The summed E-state index contributed by atoms with van der Waals surface area (Å²) in [6.07, 6.45) is -3.53. The molecule has 7 rings (SSSR count). The highest BCUT2D eigenvalue weighted by Crippen LogP contribution is 2.69. The molecule has 6 N–H and O–H groups in total. The van der Waals surface area contributed by atoms with Gasteiger partial charge in [-0.15, -0.1) is 0 Å². The van der Waals surface area contributed by atoms with Crippen LogP contribution in [0.4, 0.5) is 0 Å². The van der Waals surface area contributed by atoms with E-state index in [2.05, 4.69) is 6.92 Å². The molecule has 282 valence electrons. The Morgan fingerprint density at radius 3 is 2.34 bits per heavy atom. The van der Waals surface area contributed by atoms with Gasteiger partial charge in [0.2, 0.25) is 0 Å². The van der Waals surface area contributed by atoms with Gasteiger partial charge in [-0.05, 0) is 94.0 Å². The van der Waals surface area contributed by atoms with Crippen LogP contribution in [0.5, 0.6) is 0 Å². The summed E-state index contributed by atoms with van der Waals surface area (Å²) >= 11 is 0. The number of rotatable bonds is 8.